The molecular weight excluding hydrogens is 312 g/mol. The Morgan fingerprint density at radius 1 is 1.38 bits per heavy atom. The maximum absolute atomic E-state index is 11.8. The molecule has 0 saturated carbocycles. The molecule has 2 aliphatic rings. The highest BCUT2D eigenvalue weighted by atomic mass is 16.5. The smallest absolute Gasteiger partial charge is 0.343 e. The van der Waals surface area contributed by atoms with Crippen molar-refractivity contribution < 1.29 is 24.2 Å². The second-order valence-electron chi connectivity index (χ2n) is 6.63. The van der Waals surface area contributed by atoms with Crippen LogP contribution in [0.15, 0.2) is 12.1 Å². The summed E-state index contributed by atoms with van der Waals surface area (Å²) in [5, 5.41) is 9.64. The third kappa shape index (κ3) is 3.17. The van der Waals surface area contributed by atoms with E-state index >= 15 is 0 Å². The van der Waals surface area contributed by atoms with Crippen molar-refractivity contribution in [3.63, 3.8) is 0 Å². The number of amides is 1. The number of carboxylic acids is 1. The zero-order valence-electron chi connectivity index (χ0n) is 13.8. The Bertz CT molecular complexity index is 669. The molecule has 0 spiro atoms. The first-order valence-corrected chi connectivity index (χ1v) is 8.09. The summed E-state index contributed by atoms with van der Waals surface area (Å²) >= 11 is 0. The lowest BCUT2D eigenvalue weighted by Crippen LogP contribution is -2.56. The van der Waals surface area contributed by atoms with Gasteiger partial charge in [0.2, 0.25) is 5.91 Å². The van der Waals surface area contributed by atoms with Crippen LogP contribution in [0, 0.1) is 0 Å². The molecule has 1 unspecified atom stereocenters. The van der Waals surface area contributed by atoms with E-state index in [0.29, 0.717) is 24.6 Å². The fourth-order valence-electron chi connectivity index (χ4n) is 3.40. The van der Waals surface area contributed by atoms with Crippen molar-refractivity contribution in [1.29, 1.82) is 0 Å². The van der Waals surface area contributed by atoms with E-state index in [9.17, 15) is 14.7 Å². The molecule has 2 atom stereocenters. The van der Waals surface area contributed by atoms with Crippen molar-refractivity contribution in [2.45, 2.75) is 38.4 Å². The highest BCUT2D eigenvalue weighted by Gasteiger charge is 2.34. The zero-order chi connectivity index (χ0) is 17.4. The SMILES string of the molecule is CC1C[C@H](C)c2ccc(OC3CN(CC(N)=O)C3)c(C(=O)O)c2O1. The van der Waals surface area contributed by atoms with Gasteiger partial charge in [0.1, 0.15) is 23.2 Å². The Hall–Kier alpha value is -2.28. The number of nitrogens with zero attached hydrogens (tertiary/aromatic N) is 1. The summed E-state index contributed by atoms with van der Waals surface area (Å²) in [4.78, 5) is 24.5. The number of carboxylic acid groups (broad SMARTS) is 1. The lowest BCUT2D eigenvalue weighted by Gasteiger charge is -2.38. The van der Waals surface area contributed by atoms with Crippen LogP contribution in [0.1, 0.15) is 42.1 Å². The summed E-state index contributed by atoms with van der Waals surface area (Å²) in [6.45, 7) is 5.29. The molecule has 2 heterocycles. The van der Waals surface area contributed by atoms with Gasteiger partial charge in [-0.2, -0.15) is 0 Å². The van der Waals surface area contributed by atoms with Crippen molar-refractivity contribution >= 4 is 11.9 Å². The number of hydrogen-bond donors (Lipinski definition) is 2. The molecule has 2 aliphatic heterocycles. The molecule has 130 valence electrons. The van der Waals surface area contributed by atoms with E-state index < -0.39 is 5.97 Å². The topological polar surface area (TPSA) is 102 Å². The van der Waals surface area contributed by atoms with Crippen LogP contribution in [0.2, 0.25) is 0 Å². The number of carbonyl (C=O) groups excluding carboxylic acids is 1. The molecule has 0 aliphatic carbocycles. The first kappa shape index (κ1) is 16.6. The number of carbonyl (C=O) groups is 2. The Labute approximate surface area is 140 Å². The van der Waals surface area contributed by atoms with Crippen molar-refractivity contribution in [2.24, 2.45) is 5.73 Å². The van der Waals surface area contributed by atoms with E-state index in [1.54, 1.807) is 6.07 Å². The molecule has 3 rings (SSSR count). The number of benzene rings is 1. The predicted octanol–water partition coefficient (Wildman–Crippen LogP) is 1.21. The minimum atomic E-state index is -1.06. The van der Waals surface area contributed by atoms with Crippen LogP contribution in [0.3, 0.4) is 0 Å². The number of primary amides is 1. The quantitative estimate of drug-likeness (QED) is 0.839. The van der Waals surface area contributed by atoms with E-state index in [-0.39, 0.29) is 36.1 Å². The van der Waals surface area contributed by atoms with E-state index in [4.69, 9.17) is 15.2 Å². The maximum atomic E-state index is 11.8. The van der Waals surface area contributed by atoms with Gasteiger partial charge in [-0.1, -0.05) is 13.0 Å². The number of likely N-dealkylation sites (tertiary alicyclic amines) is 1. The second kappa shape index (κ2) is 6.32. The Kier molecular flexibility index (Phi) is 4.36. The first-order valence-electron chi connectivity index (χ1n) is 8.09. The van der Waals surface area contributed by atoms with Gasteiger partial charge in [-0.25, -0.2) is 4.79 Å². The normalized spacial score (nSPS) is 23.8. The fraction of sp³-hybridized carbons (Fsp3) is 0.529. The number of hydrogen-bond acceptors (Lipinski definition) is 5. The molecule has 0 radical (unpaired) electrons. The molecule has 7 heteroatoms. The summed E-state index contributed by atoms with van der Waals surface area (Å²) in [6, 6.07) is 3.59. The molecule has 7 nitrogen and oxygen atoms in total. The lowest BCUT2D eigenvalue weighted by atomic mass is 9.90. The van der Waals surface area contributed by atoms with Gasteiger partial charge in [0, 0.05) is 13.1 Å². The molecule has 3 N–H and O–H groups in total. The minimum absolute atomic E-state index is 0.0318. The van der Waals surface area contributed by atoms with Crippen molar-refractivity contribution in [2.75, 3.05) is 19.6 Å². The third-order valence-electron chi connectivity index (χ3n) is 4.50. The number of ether oxygens (including phenoxy) is 2. The van der Waals surface area contributed by atoms with Crippen LogP contribution in [0.25, 0.3) is 0 Å². The third-order valence-corrected chi connectivity index (χ3v) is 4.50. The van der Waals surface area contributed by atoms with Crippen LogP contribution in [0.4, 0.5) is 0 Å². The lowest BCUT2D eigenvalue weighted by molar-refractivity contribution is -0.121. The van der Waals surface area contributed by atoms with Crippen LogP contribution in [-0.4, -0.2) is 53.7 Å². The highest BCUT2D eigenvalue weighted by molar-refractivity contribution is 5.95. The molecule has 1 amide bonds. The van der Waals surface area contributed by atoms with Gasteiger partial charge in [0.25, 0.3) is 0 Å². The summed E-state index contributed by atoms with van der Waals surface area (Å²) in [5.41, 5.74) is 6.14. The molecule has 1 saturated heterocycles. The summed E-state index contributed by atoms with van der Waals surface area (Å²) in [5.74, 6) is -0.474. The molecule has 1 aromatic carbocycles. The van der Waals surface area contributed by atoms with Crippen LogP contribution >= 0.6 is 0 Å². The van der Waals surface area contributed by atoms with Gasteiger partial charge in [-0.15, -0.1) is 0 Å². The first-order chi connectivity index (χ1) is 11.3. The summed E-state index contributed by atoms with van der Waals surface area (Å²) in [6.07, 6.45) is 0.672. The van der Waals surface area contributed by atoms with Crippen molar-refractivity contribution in [3.8, 4) is 11.5 Å². The van der Waals surface area contributed by atoms with Crippen LogP contribution in [0.5, 0.6) is 11.5 Å². The largest absolute Gasteiger partial charge is 0.489 e. The van der Waals surface area contributed by atoms with E-state index in [0.717, 1.165) is 12.0 Å². The van der Waals surface area contributed by atoms with Gasteiger partial charge >= 0.3 is 5.97 Å². The van der Waals surface area contributed by atoms with Gasteiger partial charge in [0.05, 0.1) is 12.6 Å². The standard InChI is InChI=1S/C17H22N2O5/c1-9-5-10(2)23-16-12(9)3-4-13(15(16)17(21)22)24-11-6-19(7-11)8-14(18)20/h3-4,9-11H,5-8H2,1-2H3,(H2,18,20)(H,21,22)/t9-,10?/m0/s1. The van der Waals surface area contributed by atoms with Crippen molar-refractivity contribution in [1.82, 2.24) is 4.90 Å². The molecule has 1 aromatic rings. The van der Waals surface area contributed by atoms with Crippen LogP contribution in [-0.2, 0) is 4.79 Å². The summed E-state index contributed by atoms with van der Waals surface area (Å²) in [7, 11) is 0. The minimum Gasteiger partial charge on any atom is -0.489 e. The molecule has 24 heavy (non-hydrogen) atoms. The van der Waals surface area contributed by atoms with Crippen LogP contribution < -0.4 is 15.2 Å². The number of fused-ring (bicyclic) bond motifs is 1. The Morgan fingerprint density at radius 3 is 2.71 bits per heavy atom. The number of rotatable bonds is 5. The monoisotopic (exact) mass is 334 g/mol. The van der Waals surface area contributed by atoms with E-state index in [1.165, 1.54) is 0 Å². The van der Waals surface area contributed by atoms with Gasteiger partial charge in [-0.05, 0) is 30.9 Å². The average molecular weight is 334 g/mol. The summed E-state index contributed by atoms with van der Waals surface area (Å²) < 4.78 is 11.6. The molecule has 0 aromatic heterocycles. The Morgan fingerprint density at radius 2 is 2.08 bits per heavy atom. The van der Waals surface area contributed by atoms with Crippen molar-refractivity contribution in [3.05, 3.63) is 23.3 Å². The van der Waals surface area contributed by atoms with E-state index in [1.807, 2.05) is 17.9 Å². The molecule has 0 bridgehead atoms. The Balaban J connectivity index is 1.81. The van der Waals surface area contributed by atoms with E-state index in [2.05, 4.69) is 6.92 Å². The maximum Gasteiger partial charge on any atom is 0.343 e. The predicted molar refractivity (Wildman–Crippen MR) is 86.6 cm³/mol. The average Bonchev–Trinajstić information content (AvgIpc) is 2.43. The molecule has 1 fully saturated rings. The van der Waals surface area contributed by atoms with Gasteiger partial charge in [0.15, 0.2) is 0 Å². The van der Waals surface area contributed by atoms with Gasteiger partial charge < -0.3 is 20.3 Å². The zero-order valence-corrected chi connectivity index (χ0v) is 13.8. The highest BCUT2D eigenvalue weighted by Crippen LogP contribution is 2.42. The second-order valence-corrected chi connectivity index (χ2v) is 6.63. The molecular formula is C17H22N2O5. The number of aromatic carboxylic acids is 1. The fourth-order valence-corrected chi connectivity index (χ4v) is 3.40. The van der Waals surface area contributed by atoms with Gasteiger partial charge in [-0.3, -0.25) is 9.69 Å². The number of nitrogens with two attached hydrogens (primary N) is 1.